The van der Waals surface area contributed by atoms with Gasteiger partial charge in [0.1, 0.15) is 11.6 Å². The zero-order valence-electron chi connectivity index (χ0n) is 11.1. The van der Waals surface area contributed by atoms with Crippen LogP contribution in [0, 0.1) is 6.92 Å². The Morgan fingerprint density at radius 1 is 1.42 bits per heavy atom. The Balaban J connectivity index is 1.76. The van der Waals surface area contributed by atoms with Gasteiger partial charge in [0.05, 0.1) is 6.04 Å². The molecule has 0 aliphatic heterocycles. The van der Waals surface area contributed by atoms with Crippen molar-refractivity contribution in [2.45, 2.75) is 45.1 Å². The van der Waals surface area contributed by atoms with E-state index in [1.54, 1.807) is 13.1 Å². The molecule has 1 N–H and O–H groups in total. The number of aromatic nitrogens is 4. The average molecular weight is 259 g/mol. The minimum absolute atomic E-state index is 0.0133. The molecule has 1 saturated carbocycles. The SMILES string of the molecule is CCC(Nc1ccnc(C2CC2)n1)c1noc(C)n1. The average Bonchev–Trinajstić information content (AvgIpc) is 3.19. The van der Waals surface area contributed by atoms with Crippen LogP contribution in [0.1, 0.15) is 55.7 Å². The lowest BCUT2D eigenvalue weighted by Crippen LogP contribution is -2.13. The topological polar surface area (TPSA) is 76.7 Å². The number of hydrogen-bond acceptors (Lipinski definition) is 6. The van der Waals surface area contributed by atoms with E-state index < -0.39 is 0 Å². The minimum Gasteiger partial charge on any atom is -0.360 e. The summed E-state index contributed by atoms with van der Waals surface area (Å²) < 4.78 is 5.02. The van der Waals surface area contributed by atoms with Crippen molar-refractivity contribution in [2.75, 3.05) is 5.32 Å². The van der Waals surface area contributed by atoms with Crippen molar-refractivity contribution in [2.24, 2.45) is 0 Å². The highest BCUT2D eigenvalue weighted by atomic mass is 16.5. The summed E-state index contributed by atoms with van der Waals surface area (Å²) in [6.07, 6.45) is 5.06. The molecule has 0 amide bonds. The van der Waals surface area contributed by atoms with Crippen LogP contribution in [0.4, 0.5) is 5.82 Å². The van der Waals surface area contributed by atoms with Gasteiger partial charge in [-0.2, -0.15) is 4.98 Å². The Hall–Kier alpha value is -1.98. The van der Waals surface area contributed by atoms with Gasteiger partial charge < -0.3 is 9.84 Å². The molecule has 0 saturated heterocycles. The smallest absolute Gasteiger partial charge is 0.223 e. The molecule has 2 heterocycles. The molecule has 0 aromatic carbocycles. The van der Waals surface area contributed by atoms with E-state index in [0.29, 0.717) is 17.6 Å². The van der Waals surface area contributed by atoms with Crippen LogP contribution < -0.4 is 5.32 Å². The first kappa shape index (κ1) is 12.1. The molecule has 2 aromatic heterocycles. The van der Waals surface area contributed by atoms with Crippen LogP contribution in [0.5, 0.6) is 0 Å². The monoisotopic (exact) mass is 259 g/mol. The lowest BCUT2D eigenvalue weighted by Gasteiger charge is -2.14. The zero-order chi connectivity index (χ0) is 13.2. The van der Waals surface area contributed by atoms with Crippen LogP contribution in [-0.4, -0.2) is 20.1 Å². The minimum atomic E-state index is 0.0133. The molecule has 6 heteroatoms. The molecule has 1 unspecified atom stereocenters. The number of hydrogen-bond donors (Lipinski definition) is 1. The molecule has 0 spiro atoms. The predicted octanol–water partition coefficient (Wildman–Crippen LogP) is 2.61. The maximum atomic E-state index is 5.02. The number of rotatable bonds is 5. The molecule has 1 aliphatic carbocycles. The molecule has 2 aromatic rings. The highest BCUT2D eigenvalue weighted by molar-refractivity contribution is 5.36. The standard InChI is InChI=1S/C13H17N5O/c1-3-10(13-15-8(2)19-18-13)16-11-6-7-14-12(17-11)9-4-5-9/h6-7,9-10H,3-5H2,1-2H3,(H,14,16,17). The molecule has 1 atom stereocenters. The highest BCUT2D eigenvalue weighted by Gasteiger charge is 2.26. The van der Waals surface area contributed by atoms with Gasteiger partial charge in [-0.15, -0.1) is 0 Å². The van der Waals surface area contributed by atoms with Gasteiger partial charge in [-0.25, -0.2) is 9.97 Å². The maximum absolute atomic E-state index is 5.02. The van der Waals surface area contributed by atoms with E-state index in [1.165, 1.54) is 12.8 Å². The fourth-order valence-electron chi connectivity index (χ4n) is 1.98. The second kappa shape index (κ2) is 4.95. The van der Waals surface area contributed by atoms with Crippen LogP contribution in [0.2, 0.25) is 0 Å². The fourth-order valence-corrected chi connectivity index (χ4v) is 1.98. The largest absolute Gasteiger partial charge is 0.360 e. The summed E-state index contributed by atoms with van der Waals surface area (Å²) in [5.41, 5.74) is 0. The van der Waals surface area contributed by atoms with Crippen LogP contribution in [0.25, 0.3) is 0 Å². The Bertz CT molecular complexity index is 564. The van der Waals surface area contributed by atoms with Crippen LogP contribution >= 0.6 is 0 Å². The van der Waals surface area contributed by atoms with Crippen LogP contribution in [0.15, 0.2) is 16.8 Å². The Morgan fingerprint density at radius 2 is 2.26 bits per heavy atom. The van der Waals surface area contributed by atoms with Gasteiger partial charge in [-0.1, -0.05) is 12.1 Å². The van der Waals surface area contributed by atoms with Gasteiger partial charge in [0.2, 0.25) is 5.89 Å². The molecule has 1 aliphatic rings. The third-order valence-electron chi connectivity index (χ3n) is 3.20. The van der Waals surface area contributed by atoms with Crippen LogP contribution in [0.3, 0.4) is 0 Å². The van der Waals surface area contributed by atoms with E-state index in [4.69, 9.17) is 4.52 Å². The first-order valence-electron chi connectivity index (χ1n) is 6.66. The summed E-state index contributed by atoms with van der Waals surface area (Å²) in [4.78, 5) is 13.1. The quantitative estimate of drug-likeness (QED) is 0.889. The Labute approximate surface area is 111 Å². The van der Waals surface area contributed by atoms with Gasteiger partial charge >= 0.3 is 0 Å². The molecule has 6 nitrogen and oxygen atoms in total. The van der Waals surface area contributed by atoms with Crippen molar-refractivity contribution < 1.29 is 4.52 Å². The summed E-state index contributed by atoms with van der Waals surface area (Å²) in [6, 6.07) is 1.89. The normalized spacial score (nSPS) is 16.3. The van der Waals surface area contributed by atoms with E-state index in [1.807, 2.05) is 6.07 Å². The van der Waals surface area contributed by atoms with Crippen molar-refractivity contribution in [3.63, 3.8) is 0 Å². The number of anilines is 1. The van der Waals surface area contributed by atoms with Crippen molar-refractivity contribution in [3.8, 4) is 0 Å². The molecular weight excluding hydrogens is 242 g/mol. The van der Waals surface area contributed by atoms with Crippen LogP contribution in [-0.2, 0) is 0 Å². The summed E-state index contributed by atoms with van der Waals surface area (Å²) in [6.45, 7) is 3.87. The summed E-state index contributed by atoms with van der Waals surface area (Å²) in [5.74, 6) is 3.56. The van der Waals surface area contributed by atoms with E-state index >= 15 is 0 Å². The predicted molar refractivity (Wildman–Crippen MR) is 69.7 cm³/mol. The molecular formula is C13H17N5O. The number of nitrogens with one attached hydrogen (secondary N) is 1. The van der Waals surface area contributed by atoms with Crippen molar-refractivity contribution in [1.82, 2.24) is 20.1 Å². The molecule has 19 heavy (non-hydrogen) atoms. The lowest BCUT2D eigenvalue weighted by molar-refractivity contribution is 0.384. The van der Waals surface area contributed by atoms with Crippen molar-refractivity contribution in [1.29, 1.82) is 0 Å². The third kappa shape index (κ3) is 2.72. The van der Waals surface area contributed by atoms with Gasteiger partial charge in [-0.3, -0.25) is 0 Å². The first-order valence-corrected chi connectivity index (χ1v) is 6.66. The zero-order valence-corrected chi connectivity index (χ0v) is 11.1. The molecule has 0 bridgehead atoms. The summed E-state index contributed by atoms with van der Waals surface area (Å²) >= 11 is 0. The van der Waals surface area contributed by atoms with E-state index in [2.05, 4.69) is 32.3 Å². The molecule has 0 radical (unpaired) electrons. The first-order chi connectivity index (χ1) is 9.26. The van der Waals surface area contributed by atoms with E-state index in [9.17, 15) is 0 Å². The Kier molecular flexibility index (Phi) is 3.15. The summed E-state index contributed by atoms with van der Waals surface area (Å²) in [5, 5.41) is 7.31. The van der Waals surface area contributed by atoms with Gasteiger partial charge in [0.25, 0.3) is 0 Å². The van der Waals surface area contributed by atoms with Crippen molar-refractivity contribution in [3.05, 3.63) is 29.8 Å². The lowest BCUT2D eigenvalue weighted by atomic mass is 10.2. The highest BCUT2D eigenvalue weighted by Crippen LogP contribution is 2.38. The third-order valence-corrected chi connectivity index (χ3v) is 3.20. The van der Waals surface area contributed by atoms with Gasteiger partial charge in [0.15, 0.2) is 5.82 Å². The van der Waals surface area contributed by atoms with Crippen molar-refractivity contribution >= 4 is 5.82 Å². The second-order valence-electron chi connectivity index (χ2n) is 4.85. The summed E-state index contributed by atoms with van der Waals surface area (Å²) in [7, 11) is 0. The molecule has 3 rings (SSSR count). The number of aryl methyl sites for hydroxylation is 1. The van der Waals surface area contributed by atoms with E-state index in [0.717, 1.165) is 18.1 Å². The van der Waals surface area contributed by atoms with E-state index in [-0.39, 0.29) is 6.04 Å². The van der Waals surface area contributed by atoms with Gasteiger partial charge in [-0.05, 0) is 25.3 Å². The second-order valence-corrected chi connectivity index (χ2v) is 4.85. The van der Waals surface area contributed by atoms with Gasteiger partial charge in [0, 0.05) is 19.0 Å². The maximum Gasteiger partial charge on any atom is 0.223 e. The fraction of sp³-hybridized carbons (Fsp3) is 0.538. The Morgan fingerprint density at radius 3 is 2.89 bits per heavy atom. The number of nitrogens with zero attached hydrogens (tertiary/aromatic N) is 4. The molecule has 100 valence electrons. The molecule has 1 fully saturated rings.